The van der Waals surface area contributed by atoms with E-state index in [-0.39, 0.29) is 18.4 Å². The Bertz CT molecular complexity index is 445. The number of carbonyl (C=O) groups is 2. The van der Waals surface area contributed by atoms with Gasteiger partial charge in [0.15, 0.2) is 0 Å². The second kappa shape index (κ2) is 8.29. The Balaban J connectivity index is 2.45. The molecule has 20 heavy (non-hydrogen) atoms. The number of methoxy groups -OCH3 is 1. The van der Waals surface area contributed by atoms with Gasteiger partial charge in [-0.3, -0.25) is 9.59 Å². The third kappa shape index (κ3) is 5.38. The number of benzene rings is 1. The molecule has 0 aliphatic carbocycles. The second-order valence-electron chi connectivity index (χ2n) is 4.34. The molecule has 6 nitrogen and oxygen atoms in total. The van der Waals surface area contributed by atoms with Crippen molar-refractivity contribution >= 4 is 23.2 Å². The van der Waals surface area contributed by atoms with Gasteiger partial charge in [0, 0.05) is 39.0 Å². The summed E-state index contributed by atoms with van der Waals surface area (Å²) in [5.74, 6) is -0.155. The molecule has 0 aliphatic heterocycles. The normalized spacial score (nSPS) is 10.2. The summed E-state index contributed by atoms with van der Waals surface area (Å²) < 4.78 is 4.87. The van der Waals surface area contributed by atoms with Gasteiger partial charge in [-0.05, 0) is 24.3 Å². The van der Waals surface area contributed by atoms with Gasteiger partial charge in [0.1, 0.15) is 0 Å². The SMILES string of the molecule is COCCNCC(=O)Nc1ccc(N(C)C(C)=O)cc1. The summed E-state index contributed by atoms with van der Waals surface area (Å²) >= 11 is 0. The summed E-state index contributed by atoms with van der Waals surface area (Å²) in [4.78, 5) is 24.4. The molecule has 0 unspecified atom stereocenters. The predicted molar refractivity (Wildman–Crippen MR) is 78.9 cm³/mol. The van der Waals surface area contributed by atoms with Gasteiger partial charge >= 0.3 is 0 Å². The molecule has 0 bridgehead atoms. The van der Waals surface area contributed by atoms with Gasteiger partial charge in [0.25, 0.3) is 0 Å². The minimum absolute atomic E-state index is 0.0378. The first-order chi connectivity index (χ1) is 9.54. The lowest BCUT2D eigenvalue weighted by atomic mass is 10.2. The first-order valence-corrected chi connectivity index (χ1v) is 6.38. The Labute approximate surface area is 119 Å². The first-order valence-electron chi connectivity index (χ1n) is 6.38. The molecule has 2 N–H and O–H groups in total. The second-order valence-corrected chi connectivity index (χ2v) is 4.34. The van der Waals surface area contributed by atoms with E-state index in [1.165, 1.54) is 11.8 Å². The van der Waals surface area contributed by atoms with Crippen LogP contribution in [-0.4, -0.2) is 45.7 Å². The summed E-state index contributed by atoms with van der Waals surface area (Å²) in [6.07, 6.45) is 0. The largest absolute Gasteiger partial charge is 0.383 e. The number of amides is 2. The molecular weight excluding hydrogens is 258 g/mol. The molecule has 1 aromatic carbocycles. The van der Waals surface area contributed by atoms with Crippen molar-refractivity contribution in [3.05, 3.63) is 24.3 Å². The highest BCUT2D eigenvalue weighted by atomic mass is 16.5. The van der Waals surface area contributed by atoms with Crippen molar-refractivity contribution in [3.63, 3.8) is 0 Å². The van der Waals surface area contributed by atoms with Gasteiger partial charge in [-0.1, -0.05) is 0 Å². The molecule has 0 radical (unpaired) electrons. The molecule has 2 amide bonds. The maximum Gasteiger partial charge on any atom is 0.238 e. The number of rotatable bonds is 7. The lowest BCUT2D eigenvalue weighted by molar-refractivity contribution is -0.116. The smallest absolute Gasteiger partial charge is 0.238 e. The minimum atomic E-state index is -0.117. The Morgan fingerprint density at radius 3 is 2.45 bits per heavy atom. The maximum atomic E-state index is 11.6. The molecule has 0 atom stereocenters. The molecule has 110 valence electrons. The van der Waals surface area contributed by atoms with E-state index in [0.29, 0.717) is 18.8 Å². The molecule has 0 fully saturated rings. The van der Waals surface area contributed by atoms with Crippen molar-refractivity contribution in [2.75, 3.05) is 44.1 Å². The lowest BCUT2D eigenvalue weighted by Crippen LogP contribution is -2.30. The van der Waals surface area contributed by atoms with E-state index in [1.807, 2.05) is 0 Å². The van der Waals surface area contributed by atoms with E-state index in [4.69, 9.17) is 4.74 Å². The highest BCUT2D eigenvalue weighted by Crippen LogP contribution is 2.16. The van der Waals surface area contributed by atoms with Crippen LogP contribution in [0.4, 0.5) is 11.4 Å². The Hall–Kier alpha value is -1.92. The van der Waals surface area contributed by atoms with Crippen LogP contribution in [0.15, 0.2) is 24.3 Å². The summed E-state index contributed by atoms with van der Waals surface area (Å²) in [6, 6.07) is 7.11. The molecular formula is C14H21N3O3. The quantitative estimate of drug-likeness (QED) is 0.726. The number of hydrogen-bond donors (Lipinski definition) is 2. The van der Waals surface area contributed by atoms with Gasteiger partial charge in [-0.25, -0.2) is 0 Å². The van der Waals surface area contributed by atoms with E-state index in [2.05, 4.69) is 10.6 Å². The van der Waals surface area contributed by atoms with Gasteiger partial charge in [-0.15, -0.1) is 0 Å². The molecule has 0 heterocycles. The molecule has 1 rings (SSSR count). The zero-order valence-electron chi connectivity index (χ0n) is 12.1. The van der Waals surface area contributed by atoms with Crippen LogP contribution in [0.3, 0.4) is 0 Å². The zero-order valence-corrected chi connectivity index (χ0v) is 12.1. The van der Waals surface area contributed by atoms with Crippen LogP contribution in [0.25, 0.3) is 0 Å². The third-order valence-electron chi connectivity index (χ3n) is 2.78. The number of hydrogen-bond acceptors (Lipinski definition) is 4. The Morgan fingerprint density at radius 1 is 1.25 bits per heavy atom. The minimum Gasteiger partial charge on any atom is -0.383 e. The van der Waals surface area contributed by atoms with Crippen molar-refractivity contribution in [1.29, 1.82) is 0 Å². The van der Waals surface area contributed by atoms with Crippen molar-refractivity contribution in [2.45, 2.75) is 6.92 Å². The van der Waals surface area contributed by atoms with Crippen LogP contribution in [0.5, 0.6) is 0 Å². The third-order valence-corrected chi connectivity index (χ3v) is 2.78. The van der Waals surface area contributed by atoms with E-state index in [9.17, 15) is 9.59 Å². The maximum absolute atomic E-state index is 11.6. The zero-order chi connectivity index (χ0) is 15.0. The number of carbonyl (C=O) groups excluding carboxylic acids is 2. The van der Waals surface area contributed by atoms with Crippen molar-refractivity contribution in [1.82, 2.24) is 5.32 Å². The van der Waals surface area contributed by atoms with Gasteiger partial charge in [-0.2, -0.15) is 0 Å². The molecule has 0 saturated heterocycles. The fourth-order valence-corrected chi connectivity index (χ4v) is 1.53. The fraction of sp³-hybridized carbons (Fsp3) is 0.429. The van der Waals surface area contributed by atoms with Gasteiger partial charge in [0.2, 0.25) is 11.8 Å². The van der Waals surface area contributed by atoms with E-state index in [1.54, 1.807) is 38.4 Å². The number of nitrogens with one attached hydrogen (secondary N) is 2. The summed E-state index contributed by atoms with van der Waals surface area (Å²) in [5, 5.41) is 5.73. The highest BCUT2D eigenvalue weighted by Gasteiger charge is 2.06. The lowest BCUT2D eigenvalue weighted by Gasteiger charge is -2.15. The fourth-order valence-electron chi connectivity index (χ4n) is 1.53. The Kier molecular flexibility index (Phi) is 6.69. The number of ether oxygens (including phenoxy) is 1. The van der Waals surface area contributed by atoms with E-state index in [0.717, 1.165) is 5.69 Å². The molecule has 0 aromatic heterocycles. The summed E-state index contributed by atoms with van der Waals surface area (Å²) in [5.41, 5.74) is 1.48. The molecule has 0 saturated carbocycles. The summed E-state index contributed by atoms with van der Waals surface area (Å²) in [6.45, 7) is 2.94. The van der Waals surface area contributed by atoms with Crippen molar-refractivity contribution in [2.24, 2.45) is 0 Å². The van der Waals surface area contributed by atoms with Crippen LogP contribution in [0, 0.1) is 0 Å². The monoisotopic (exact) mass is 279 g/mol. The number of nitrogens with zero attached hydrogens (tertiary/aromatic N) is 1. The topological polar surface area (TPSA) is 70.7 Å². The van der Waals surface area contributed by atoms with Crippen LogP contribution >= 0.6 is 0 Å². The van der Waals surface area contributed by atoms with Crippen LogP contribution in [0.1, 0.15) is 6.92 Å². The molecule has 0 spiro atoms. The summed E-state index contributed by atoms with van der Waals surface area (Å²) in [7, 11) is 3.32. The van der Waals surface area contributed by atoms with Crippen LogP contribution in [0.2, 0.25) is 0 Å². The standard InChI is InChI=1S/C14H21N3O3/c1-11(18)17(2)13-6-4-12(5-7-13)16-14(19)10-15-8-9-20-3/h4-7,15H,8-10H2,1-3H3,(H,16,19). The van der Waals surface area contributed by atoms with E-state index < -0.39 is 0 Å². The first kappa shape index (κ1) is 16.1. The molecule has 0 aliphatic rings. The molecule has 6 heteroatoms. The van der Waals surface area contributed by atoms with Gasteiger partial charge in [0.05, 0.1) is 13.2 Å². The average molecular weight is 279 g/mol. The van der Waals surface area contributed by atoms with Gasteiger partial charge < -0.3 is 20.3 Å². The Morgan fingerprint density at radius 2 is 1.90 bits per heavy atom. The molecule has 1 aromatic rings. The number of anilines is 2. The van der Waals surface area contributed by atoms with Crippen molar-refractivity contribution < 1.29 is 14.3 Å². The predicted octanol–water partition coefficient (Wildman–Crippen LogP) is 0.844. The van der Waals surface area contributed by atoms with Crippen molar-refractivity contribution in [3.8, 4) is 0 Å². The highest BCUT2D eigenvalue weighted by molar-refractivity contribution is 5.93. The van der Waals surface area contributed by atoms with Crippen LogP contribution < -0.4 is 15.5 Å². The van der Waals surface area contributed by atoms with Crippen LogP contribution in [-0.2, 0) is 14.3 Å². The average Bonchev–Trinajstić information content (AvgIpc) is 2.43. The van der Waals surface area contributed by atoms with E-state index >= 15 is 0 Å².